The van der Waals surface area contributed by atoms with E-state index >= 15 is 0 Å². The van der Waals surface area contributed by atoms with Crippen LogP contribution in [0.25, 0.3) is 0 Å². The zero-order valence-corrected chi connectivity index (χ0v) is 16.7. The second-order valence-electron chi connectivity index (χ2n) is 7.35. The summed E-state index contributed by atoms with van der Waals surface area (Å²) in [5.41, 5.74) is 1.06. The van der Waals surface area contributed by atoms with Gasteiger partial charge in [-0.25, -0.2) is 0 Å². The predicted molar refractivity (Wildman–Crippen MR) is 104 cm³/mol. The van der Waals surface area contributed by atoms with Gasteiger partial charge in [-0.3, -0.25) is 9.80 Å². The Balaban J connectivity index is 1.69. The number of rotatable bonds is 7. The highest BCUT2D eigenvalue weighted by Crippen LogP contribution is 2.38. The molecule has 2 aliphatic rings. The van der Waals surface area contributed by atoms with E-state index in [2.05, 4.69) is 9.80 Å². The van der Waals surface area contributed by atoms with Gasteiger partial charge in [0.25, 0.3) is 0 Å². The topological polar surface area (TPSA) is 45.2 Å². The summed E-state index contributed by atoms with van der Waals surface area (Å²) >= 11 is 6.56. The molecule has 2 fully saturated rings. The van der Waals surface area contributed by atoms with Crippen molar-refractivity contribution in [2.24, 2.45) is 0 Å². The molecule has 1 aliphatic heterocycles. The van der Waals surface area contributed by atoms with Crippen LogP contribution < -0.4 is 9.47 Å². The summed E-state index contributed by atoms with van der Waals surface area (Å²) in [6.45, 7) is 4.11. The number of methoxy groups -OCH3 is 2. The lowest BCUT2D eigenvalue weighted by atomic mass is 10.0. The van der Waals surface area contributed by atoms with E-state index in [1.54, 1.807) is 14.2 Å². The molecule has 0 spiro atoms. The average molecular weight is 383 g/mol. The van der Waals surface area contributed by atoms with Gasteiger partial charge in [0.15, 0.2) is 11.5 Å². The summed E-state index contributed by atoms with van der Waals surface area (Å²) in [6, 6.07) is 5.07. The molecule has 1 N–H and O–H groups in total. The van der Waals surface area contributed by atoms with E-state index < -0.39 is 0 Å². The third-order valence-electron chi connectivity index (χ3n) is 5.83. The van der Waals surface area contributed by atoms with Crippen molar-refractivity contribution >= 4 is 11.6 Å². The molecule has 1 atom stereocenters. The van der Waals surface area contributed by atoms with Crippen molar-refractivity contribution in [3.63, 3.8) is 0 Å². The van der Waals surface area contributed by atoms with Crippen molar-refractivity contribution in [3.8, 4) is 11.5 Å². The van der Waals surface area contributed by atoms with Gasteiger partial charge < -0.3 is 14.6 Å². The monoisotopic (exact) mass is 382 g/mol. The largest absolute Gasteiger partial charge is 0.493 e. The highest BCUT2D eigenvalue weighted by molar-refractivity contribution is 6.33. The van der Waals surface area contributed by atoms with Crippen molar-refractivity contribution in [2.75, 3.05) is 40.5 Å². The average Bonchev–Trinajstić information content (AvgIpc) is 3.18. The number of ether oxygens (including phenoxy) is 2. The summed E-state index contributed by atoms with van der Waals surface area (Å²) in [5.74, 6) is 1.26. The van der Waals surface area contributed by atoms with Crippen molar-refractivity contribution < 1.29 is 14.6 Å². The molecule has 0 aromatic heterocycles. The summed E-state index contributed by atoms with van der Waals surface area (Å²) in [7, 11) is 3.24. The number of halogens is 1. The molecule has 1 saturated carbocycles. The van der Waals surface area contributed by atoms with Crippen LogP contribution in [0.4, 0.5) is 0 Å². The summed E-state index contributed by atoms with van der Waals surface area (Å²) in [4.78, 5) is 5.09. The summed E-state index contributed by atoms with van der Waals surface area (Å²) < 4.78 is 10.7. The fourth-order valence-electron chi connectivity index (χ4n) is 4.49. The fourth-order valence-corrected chi connectivity index (χ4v) is 4.79. The molecule has 1 aliphatic carbocycles. The molecule has 6 heteroatoms. The molecule has 26 heavy (non-hydrogen) atoms. The number of aliphatic hydroxyl groups excluding tert-OH is 1. The Morgan fingerprint density at radius 2 is 1.92 bits per heavy atom. The number of benzene rings is 1. The first-order valence-corrected chi connectivity index (χ1v) is 10.0. The van der Waals surface area contributed by atoms with Crippen molar-refractivity contribution in [1.29, 1.82) is 0 Å². The number of aliphatic hydroxyl groups is 1. The van der Waals surface area contributed by atoms with E-state index in [0.29, 0.717) is 28.6 Å². The van der Waals surface area contributed by atoms with Gasteiger partial charge in [0.2, 0.25) is 0 Å². The minimum atomic E-state index is 0.249. The predicted octanol–water partition coefficient (Wildman–Crippen LogP) is 3.17. The molecular weight excluding hydrogens is 352 g/mol. The summed E-state index contributed by atoms with van der Waals surface area (Å²) in [6.07, 6.45) is 6.15. The minimum Gasteiger partial charge on any atom is -0.493 e. The van der Waals surface area contributed by atoms with Gasteiger partial charge in [0.05, 0.1) is 19.2 Å². The lowest BCUT2D eigenvalue weighted by Crippen LogP contribution is -2.56. The highest BCUT2D eigenvalue weighted by Gasteiger charge is 2.33. The fraction of sp³-hybridized carbons (Fsp3) is 0.700. The molecule has 0 amide bonds. The Morgan fingerprint density at radius 3 is 2.58 bits per heavy atom. The molecule has 1 saturated heterocycles. The van der Waals surface area contributed by atoms with Gasteiger partial charge >= 0.3 is 0 Å². The van der Waals surface area contributed by atoms with Crippen molar-refractivity contribution in [3.05, 3.63) is 22.7 Å². The standard InChI is InChI=1S/C20H31ClN2O3/c1-25-18-8-7-15(19(21)20(18)26-2)13-22-10-11-23(16-5-3-4-6-16)17(14-22)9-12-24/h7-8,16-17,24H,3-6,9-14H2,1-2H3. The first-order valence-electron chi connectivity index (χ1n) is 9.66. The first kappa shape index (κ1) is 19.7. The lowest BCUT2D eigenvalue weighted by Gasteiger charge is -2.44. The van der Waals surface area contributed by atoms with Gasteiger partial charge in [0.1, 0.15) is 0 Å². The molecule has 3 rings (SSSR count). The van der Waals surface area contributed by atoms with Gasteiger partial charge in [0, 0.05) is 44.9 Å². The number of nitrogens with zero attached hydrogens (tertiary/aromatic N) is 2. The van der Waals surface area contributed by atoms with Crippen LogP contribution in [0.1, 0.15) is 37.7 Å². The maximum absolute atomic E-state index is 9.53. The summed E-state index contributed by atoms with van der Waals surface area (Å²) in [5, 5.41) is 10.2. The molecule has 0 bridgehead atoms. The van der Waals surface area contributed by atoms with E-state index in [1.807, 2.05) is 12.1 Å². The van der Waals surface area contributed by atoms with Crippen LogP contribution in [-0.4, -0.2) is 67.5 Å². The van der Waals surface area contributed by atoms with Crippen LogP contribution in [0.2, 0.25) is 5.02 Å². The van der Waals surface area contributed by atoms with E-state index in [-0.39, 0.29) is 6.61 Å². The minimum absolute atomic E-state index is 0.249. The van der Waals surface area contributed by atoms with E-state index in [9.17, 15) is 5.11 Å². The smallest absolute Gasteiger partial charge is 0.179 e. The normalized spacial score (nSPS) is 22.7. The van der Waals surface area contributed by atoms with Crippen LogP contribution in [0.5, 0.6) is 11.5 Å². The quantitative estimate of drug-likeness (QED) is 0.784. The zero-order chi connectivity index (χ0) is 18.5. The maximum atomic E-state index is 9.53. The third kappa shape index (κ3) is 4.28. The molecule has 1 aromatic rings. The molecule has 0 radical (unpaired) electrons. The Bertz CT molecular complexity index is 593. The molecular formula is C20H31ClN2O3. The van der Waals surface area contributed by atoms with Crippen LogP contribution >= 0.6 is 11.6 Å². The SMILES string of the molecule is COc1ccc(CN2CCN(C3CCCC3)C(CCO)C2)c(Cl)c1OC. The van der Waals surface area contributed by atoms with E-state index in [4.69, 9.17) is 21.1 Å². The van der Waals surface area contributed by atoms with Crippen LogP contribution in [-0.2, 0) is 6.54 Å². The Morgan fingerprint density at radius 1 is 1.15 bits per heavy atom. The second-order valence-corrected chi connectivity index (χ2v) is 7.73. The molecule has 1 heterocycles. The maximum Gasteiger partial charge on any atom is 0.179 e. The van der Waals surface area contributed by atoms with Gasteiger partial charge in [-0.05, 0) is 30.9 Å². The zero-order valence-electron chi connectivity index (χ0n) is 15.9. The highest BCUT2D eigenvalue weighted by atomic mass is 35.5. The van der Waals surface area contributed by atoms with Gasteiger partial charge in [-0.15, -0.1) is 0 Å². The van der Waals surface area contributed by atoms with Crippen molar-refractivity contribution in [1.82, 2.24) is 9.80 Å². The van der Waals surface area contributed by atoms with E-state index in [1.165, 1.54) is 25.7 Å². The third-order valence-corrected chi connectivity index (χ3v) is 6.24. The van der Waals surface area contributed by atoms with Crippen molar-refractivity contribution in [2.45, 2.75) is 50.7 Å². The van der Waals surface area contributed by atoms with Crippen LogP contribution in [0.15, 0.2) is 12.1 Å². The second kappa shape index (κ2) is 9.27. The number of hydrogen-bond acceptors (Lipinski definition) is 5. The van der Waals surface area contributed by atoms with E-state index in [0.717, 1.165) is 38.2 Å². The van der Waals surface area contributed by atoms with Gasteiger partial charge in [-0.2, -0.15) is 0 Å². The Labute approximate surface area is 161 Å². The van der Waals surface area contributed by atoms with Crippen LogP contribution in [0.3, 0.4) is 0 Å². The number of hydrogen-bond donors (Lipinski definition) is 1. The molecule has 1 aromatic carbocycles. The van der Waals surface area contributed by atoms with Gasteiger partial charge in [-0.1, -0.05) is 30.5 Å². The molecule has 1 unspecified atom stereocenters. The van der Waals surface area contributed by atoms with Crippen LogP contribution in [0, 0.1) is 0 Å². The Hall–Kier alpha value is -1.01. The number of piperazine rings is 1. The lowest BCUT2D eigenvalue weighted by molar-refractivity contribution is 0.0267. The molecule has 146 valence electrons. The Kier molecular flexibility index (Phi) is 7.04. The first-order chi connectivity index (χ1) is 12.7. The molecule has 5 nitrogen and oxygen atoms in total.